The zero-order valence-corrected chi connectivity index (χ0v) is 16.6. The summed E-state index contributed by atoms with van der Waals surface area (Å²) in [5.41, 5.74) is 1.99. The van der Waals surface area contributed by atoms with Gasteiger partial charge in [-0.25, -0.2) is 9.59 Å². The van der Waals surface area contributed by atoms with Crippen LogP contribution >= 0.6 is 0 Å². The maximum atomic E-state index is 12.6. The summed E-state index contributed by atoms with van der Waals surface area (Å²) in [4.78, 5) is 37.4. The largest absolute Gasteiger partial charge is 0.457 e. The van der Waals surface area contributed by atoms with E-state index in [2.05, 4.69) is 0 Å². The molecule has 0 atom stereocenters. The maximum absolute atomic E-state index is 12.6. The molecule has 1 aromatic heterocycles. The Morgan fingerprint density at radius 2 is 1.35 bits per heavy atom. The second-order valence-corrected chi connectivity index (χ2v) is 6.88. The molecule has 31 heavy (non-hydrogen) atoms. The standard InChI is InChI=1S/C25H19NO5/c27-23-13-14-26(25(29)31-17-19-9-5-2-6-10-19)22-12-11-20(15-21(22)23)24(28)30-16-18-7-3-1-4-8-18/h1-15H,16-17H2. The highest BCUT2D eigenvalue weighted by Gasteiger charge is 2.14. The van der Waals surface area contributed by atoms with E-state index in [1.807, 2.05) is 60.7 Å². The van der Waals surface area contributed by atoms with Crippen LogP contribution in [-0.2, 0) is 22.7 Å². The molecule has 0 aliphatic heterocycles. The van der Waals surface area contributed by atoms with Gasteiger partial charge in [0.2, 0.25) is 0 Å². The Morgan fingerprint density at radius 3 is 2.00 bits per heavy atom. The number of aromatic nitrogens is 1. The number of rotatable bonds is 5. The van der Waals surface area contributed by atoms with E-state index < -0.39 is 12.1 Å². The van der Waals surface area contributed by atoms with Gasteiger partial charge in [0, 0.05) is 17.6 Å². The summed E-state index contributed by atoms with van der Waals surface area (Å²) in [7, 11) is 0. The van der Waals surface area contributed by atoms with Gasteiger partial charge in [-0.15, -0.1) is 0 Å². The minimum Gasteiger partial charge on any atom is -0.457 e. The predicted molar refractivity (Wildman–Crippen MR) is 116 cm³/mol. The second kappa shape index (κ2) is 9.09. The third-order valence-corrected chi connectivity index (χ3v) is 4.75. The number of esters is 1. The highest BCUT2D eigenvalue weighted by Crippen LogP contribution is 2.16. The van der Waals surface area contributed by atoms with E-state index in [1.165, 1.54) is 29.0 Å². The molecule has 6 heteroatoms. The van der Waals surface area contributed by atoms with Gasteiger partial charge in [-0.1, -0.05) is 60.7 Å². The summed E-state index contributed by atoms with van der Waals surface area (Å²) in [5, 5.41) is 0.230. The molecule has 0 spiro atoms. The number of benzene rings is 3. The van der Waals surface area contributed by atoms with Crippen LogP contribution in [0, 0.1) is 0 Å². The van der Waals surface area contributed by atoms with Gasteiger partial charge < -0.3 is 9.47 Å². The van der Waals surface area contributed by atoms with Crippen LogP contribution in [0.5, 0.6) is 0 Å². The molecule has 6 nitrogen and oxygen atoms in total. The predicted octanol–water partition coefficient (Wildman–Crippen LogP) is 4.54. The molecular weight excluding hydrogens is 394 g/mol. The number of nitrogens with zero attached hydrogens (tertiary/aromatic N) is 1. The minimum atomic E-state index is -0.617. The van der Waals surface area contributed by atoms with E-state index in [4.69, 9.17) is 9.47 Å². The zero-order chi connectivity index (χ0) is 21.6. The summed E-state index contributed by atoms with van der Waals surface area (Å²) >= 11 is 0. The van der Waals surface area contributed by atoms with Crippen molar-refractivity contribution in [2.24, 2.45) is 0 Å². The summed E-state index contributed by atoms with van der Waals surface area (Å²) in [6.07, 6.45) is 0.749. The molecule has 0 saturated carbocycles. The monoisotopic (exact) mass is 413 g/mol. The Kier molecular flexibility index (Phi) is 5.89. The van der Waals surface area contributed by atoms with Gasteiger partial charge in [-0.2, -0.15) is 0 Å². The lowest BCUT2D eigenvalue weighted by Gasteiger charge is -2.11. The SMILES string of the molecule is O=C(OCc1ccccc1)c1ccc2c(c1)c(=O)ccn2C(=O)OCc1ccccc1. The number of carbonyl (C=O) groups is 2. The molecule has 0 aliphatic rings. The van der Waals surface area contributed by atoms with Crippen molar-refractivity contribution in [1.82, 2.24) is 4.57 Å². The van der Waals surface area contributed by atoms with Gasteiger partial charge in [0.15, 0.2) is 5.43 Å². The highest BCUT2D eigenvalue weighted by molar-refractivity contribution is 5.96. The van der Waals surface area contributed by atoms with E-state index in [-0.39, 0.29) is 29.6 Å². The third kappa shape index (κ3) is 4.70. The number of pyridine rings is 1. The van der Waals surface area contributed by atoms with E-state index in [0.29, 0.717) is 5.52 Å². The maximum Gasteiger partial charge on any atom is 0.418 e. The molecule has 0 radical (unpaired) electrons. The quantitative estimate of drug-likeness (QED) is 0.449. The number of fused-ring (bicyclic) bond motifs is 1. The van der Waals surface area contributed by atoms with Crippen molar-refractivity contribution in [3.8, 4) is 0 Å². The van der Waals surface area contributed by atoms with Gasteiger partial charge >= 0.3 is 12.1 Å². The first kappa shape index (κ1) is 20.1. The van der Waals surface area contributed by atoms with Crippen LogP contribution in [-0.4, -0.2) is 16.6 Å². The van der Waals surface area contributed by atoms with Crippen LogP contribution in [0.25, 0.3) is 10.9 Å². The molecule has 0 unspecified atom stereocenters. The summed E-state index contributed by atoms with van der Waals surface area (Å²) < 4.78 is 11.9. The van der Waals surface area contributed by atoms with Crippen molar-refractivity contribution in [1.29, 1.82) is 0 Å². The molecule has 0 N–H and O–H groups in total. The Hall–Kier alpha value is -4.19. The Morgan fingerprint density at radius 1 is 0.742 bits per heavy atom. The second-order valence-electron chi connectivity index (χ2n) is 6.88. The molecule has 154 valence electrons. The van der Waals surface area contributed by atoms with E-state index in [0.717, 1.165) is 11.1 Å². The van der Waals surface area contributed by atoms with Crippen molar-refractivity contribution in [3.63, 3.8) is 0 Å². The van der Waals surface area contributed by atoms with Gasteiger partial charge in [-0.05, 0) is 29.3 Å². The molecule has 0 saturated heterocycles. The highest BCUT2D eigenvalue weighted by atomic mass is 16.5. The van der Waals surface area contributed by atoms with Crippen molar-refractivity contribution in [2.45, 2.75) is 13.2 Å². The molecular formula is C25H19NO5. The third-order valence-electron chi connectivity index (χ3n) is 4.75. The topological polar surface area (TPSA) is 74.6 Å². The van der Waals surface area contributed by atoms with Crippen LogP contribution in [0.1, 0.15) is 21.5 Å². The first-order chi connectivity index (χ1) is 15.1. The fourth-order valence-electron chi connectivity index (χ4n) is 3.14. The molecule has 0 fully saturated rings. The summed E-state index contributed by atoms with van der Waals surface area (Å²) in [5.74, 6) is -0.549. The number of hydrogen-bond acceptors (Lipinski definition) is 5. The lowest BCUT2D eigenvalue weighted by atomic mass is 10.1. The summed E-state index contributed by atoms with van der Waals surface area (Å²) in [6, 6.07) is 24.4. The van der Waals surface area contributed by atoms with Crippen molar-refractivity contribution in [3.05, 3.63) is 118 Å². The van der Waals surface area contributed by atoms with E-state index in [1.54, 1.807) is 6.07 Å². The van der Waals surface area contributed by atoms with Crippen molar-refractivity contribution >= 4 is 23.0 Å². The normalized spacial score (nSPS) is 10.6. The van der Waals surface area contributed by atoms with Gasteiger partial charge in [0.25, 0.3) is 0 Å². The van der Waals surface area contributed by atoms with Crippen LogP contribution in [0.2, 0.25) is 0 Å². The first-order valence-corrected chi connectivity index (χ1v) is 9.69. The smallest absolute Gasteiger partial charge is 0.418 e. The van der Waals surface area contributed by atoms with Crippen LogP contribution in [0.3, 0.4) is 0 Å². The number of ether oxygens (including phenoxy) is 2. The first-order valence-electron chi connectivity index (χ1n) is 9.69. The molecule has 1 heterocycles. The zero-order valence-electron chi connectivity index (χ0n) is 16.6. The molecule has 4 rings (SSSR count). The van der Waals surface area contributed by atoms with Crippen LogP contribution in [0.15, 0.2) is 95.9 Å². The minimum absolute atomic E-state index is 0.108. The van der Waals surface area contributed by atoms with Crippen molar-refractivity contribution < 1.29 is 19.1 Å². The fourth-order valence-corrected chi connectivity index (χ4v) is 3.14. The van der Waals surface area contributed by atoms with Gasteiger partial charge in [0.05, 0.1) is 11.1 Å². The molecule has 3 aromatic carbocycles. The number of hydrogen-bond donors (Lipinski definition) is 0. The Labute approximate surface area is 178 Å². The average molecular weight is 413 g/mol. The molecule has 0 bridgehead atoms. The van der Waals surface area contributed by atoms with E-state index in [9.17, 15) is 14.4 Å². The molecule has 0 aliphatic carbocycles. The Balaban J connectivity index is 1.54. The van der Waals surface area contributed by atoms with Crippen LogP contribution < -0.4 is 5.43 Å². The van der Waals surface area contributed by atoms with E-state index >= 15 is 0 Å². The summed E-state index contributed by atoms with van der Waals surface area (Å²) in [6.45, 7) is 0.236. The number of carbonyl (C=O) groups excluding carboxylic acids is 2. The van der Waals surface area contributed by atoms with Gasteiger partial charge in [-0.3, -0.25) is 9.36 Å². The van der Waals surface area contributed by atoms with Crippen LogP contribution in [0.4, 0.5) is 4.79 Å². The molecule has 0 amide bonds. The molecule has 4 aromatic rings. The van der Waals surface area contributed by atoms with Crippen molar-refractivity contribution in [2.75, 3.05) is 0 Å². The fraction of sp³-hybridized carbons (Fsp3) is 0.0800. The average Bonchev–Trinajstić information content (AvgIpc) is 2.82. The Bertz CT molecular complexity index is 1280. The lowest BCUT2D eigenvalue weighted by molar-refractivity contribution is 0.0473. The lowest BCUT2D eigenvalue weighted by Crippen LogP contribution is -2.18. The van der Waals surface area contributed by atoms with Gasteiger partial charge in [0.1, 0.15) is 13.2 Å².